The molecule has 0 radical (unpaired) electrons. The van der Waals surface area contributed by atoms with Crippen LogP contribution in [0.3, 0.4) is 0 Å². The minimum absolute atomic E-state index is 0.0414. The number of halogens is 1. The number of amides is 1. The molecule has 4 rings (SSSR count). The fraction of sp³-hybridized carbons (Fsp3) is 0.211. The first-order valence-corrected chi connectivity index (χ1v) is 8.26. The van der Waals surface area contributed by atoms with Gasteiger partial charge in [0.15, 0.2) is 0 Å². The molecule has 0 bridgehead atoms. The molecule has 0 spiro atoms. The number of nitrogens with one attached hydrogen (secondary N) is 1. The van der Waals surface area contributed by atoms with Crippen LogP contribution in [-0.4, -0.2) is 29.4 Å². The van der Waals surface area contributed by atoms with E-state index >= 15 is 0 Å². The molecule has 2 aromatic carbocycles. The molecule has 1 aliphatic heterocycles. The maximum absolute atomic E-state index is 12.8. The summed E-state index contributed by atoms with van der Waals surface area (Å²) in [6, 6.07) is 13.1. The van der Waals surface area contributed by atoms with Crippen molar-refractivity contribution >= 4 is 28.4 Å². The minimum atomic E-state index is 0.0414. The van der Waals surface area contributed by atoms with Crippen molar-refractivity contribution in [1.29, 1.82) is 0 Å². The zero-order chi connectivity index (χ0) is 16.7. The minimum Gasteiger partial charge on any atom is -0.497 e. The van der Waals surface area contributed by atoms with Crippen molar-refractivity contribution in [2.75, 3.05) is 13.7 Å². The molecule has 0 aliphatic carbocycles. The number of methoxy groups -OCH3 is 1. The van der Waals surface area contributed by atoms with Crippen molar-refractivity contribution in [3.05, 3.63) is 64.3 Å². The Morgan fingerprint density at radius 1 is 1.21 bits per heavy atom. The molecule has 5 heteroatoms. The van der Waals surface area contributed by atoms with Crippen LogP contribution in [-0.2, 0) is 13.0 Å². The van der Waals surface area contributed by atoms with Gasteiger partial charge in [-0.3, -0.25) is 4.79 Å². The van der Waals surface area contributed by atoms with Crippen LogP contribution in [0.15, 0.2) is 42.5 Å². The van der Waals surface area contributed by atoms with E-state index in [0.29, 0.717) is 23.7 Å². The first kappa shape index (κ1) is 15.1. The molecule has 0 unspecified atom stereocenters. The topological polar surface area (TPSA) is 45.3 Å². The van der Waals surface area contributed by atoms with Crippen molar-refractivity contribution in [3.63, 3.8) is 0 Å². The second-order valence-corrected chi connectivity index (χ2v) is 6.41. The van der Waals surface area contributed by atoms with Crippen LogP contribution >= 0.6 is 11.6 Å². The van der Waals surface area contributed by atoms with E-state index in [9.17, 15) is 4.79 Å². The van der Waals surface area contributed by atoms with E-state index < -0.39 is 0 Å². The van der Waals surface area contributed by atoms with Crippen LogP contribution in [0.25, 0.3) is 10.9 Å². The van der Waals surface area contributed by atoms with Gasteiger partial charge in [-0.1, -0.05) is 11.6 Å². The summed E-state index contributed by atoms with van der Waals surface area (Å²) in [4.78, 5) is 18.1. The quantitative estimate of drug-likeness (QED) is 0.765. The predicted octanol–water partition coefficient (Wildman–Crippen LogP) is 4.03. The summed E-state index contributed by atoms with van der Waals surface area (Å²) in [5, 5.41) is 1.81. The Hall–Kier alpha value is -2.46. The molecule has 0 saturated carbocycles. The van der Waals surface area contributed by atoms with E-state index in [1.54, 1.807) is 7.11 Å². The Balaban J connectivity index is 1.64. The van der Waals surface area contributed by atoms with Crippen LogP contribution in [0.2, 0.25) is 5.02 Å². The van der Waals surface area contributed by atoms with Crippen molar-refractivity contribution < 1.29 is 9.53 Å². The van der Waals surface area contributed by atoms with Gasteiger partial charge in [0.1, 0.15) is 5.75 Å². The van der Waals surface area contributed by atoms with Crippen molar-refractivity contribution in [2.24, 2.45) is 0 Å². The Morgan fingerprint density at radius 3 is 2.75 bits per heavy atom. The maximum atomic E-state index is 12.8. The largest absolute Gasteiger partial charge is 0.497 e. The smallest absolute Gasteiger partial charge is 0.254 e. The second kappa shape index (κ2) is 5.87. The van der Waals surface area contributed by atoms with Gasteiger partial charge in [-0.05, 0) is 42.5 Å². The number of rotatable bonds is 2. The summed E-state index contributed by atoms with van der Waals surface area (Å²) in [6.07, 6.45) is 0.823. The van der Waals surface area contributed by atoms with Gasteiger partial charge >= 0.3 is 0 Å². The highest BCUT2D eigenvalue weighted by Gasteiger charge is 2.24. The number of carbonyl (C=O) groups is 1. The average molecular weight is 341 g/mol. The number of ether oxygens (including phenoxy) is 1. The molecule has 24 heavy (non-hydrogen) atoms. The number of carbonyl (C=O) groups excluding carboxylic acids is 1. The standard InChI is InChI=1S/C19H17ClN2O2/c1-24-14-5-2-12(3-6-14)19(23)22-9-8-18-16(11-22)15-10-13(20)4-7-17(15)21-18/h2-7,10,21H,8-9,11H2,1H3. The SMILES string of the molecule is COc1ccc(C(=O)N2CCc3[nH]c4ccc(Cl)cc4c3C2)cc1. The lowest BCUT2D eigenvalue weighted by molar-refractivity contribution is 0.0735. The summed E-state index contributed by atoms with van der Waals surface area (Å²) < 4.78 is 5.15. The maximum Gasteiger partial charge on any atom is 0.254 e. The number of hydrogen-bond donors (Lipinski definition) is 1. The molecule has 3 aromatic rings. The normalized spacial score (nSPS) is 13.8. The summed E-state index contributed by atoms with van der Waals surface area (Å²) in [5.41, 5.74) is 4.12. The lowest BCUT2D eigenvalue weighted by atomic mass is 10.0. The molecule has 0 atom stereocenters. The summed E-state index contributed by atoms with van der Waals surface area (Å²) >= 11 is 6.14. The molecule has 1 aromatic heterocycles. The first-order valence-electron chi connectivity index (χ1n) is 7.88. The zero-order valence-corrected chi connectivity index (χ0v) is 14.1. The van der Waals surface area contributed by atoms with Gasteiger partial charge in [0, 0.05) is 52.3 Å². The van der Waals surface area contributed by atoms with E-state index in [0.717, 1.165) is 23.1 Å². The average Bonchev–Trinajstić information content (AvgIpc) is 2.98. The summed E-state index contributed by atoms with van der Waals surface area (Å²) in [6.45, 7) is 1.30. The molecular weight excluding hydrogens is 324 g/mol. The highest BCUT2D eigenvalue weighted by atomic mass is 35.5. The van der Waals surface area contributed by atoms with Gasteiger partial charge in [-0.15, -0.1) is 0 Å². The van der Waals surface area contributed by atoms with Gasteiger partial charge in [-0.25, -0.2) is 0 Å². The molecule has 1 N–H and O–H groups in total. The van der Waals surface area contributed by atoms with Gasteiger partial charge in [0.25, 0.3) is 5.91 Å². The van der Waals surface area contributed by atoms with E-state index in [1.165, 1.54) is 11.3 Å². The third kappa shape index (κ3) is 2.53. The van der Waals surface area contributed by atoms with Crippen LogP contribution in [0.4, 0.5) is 0 Å². The number of aromatic amines is 1. The fourth-order valence-electron chi connectivity index (χ4n) is 3.28. The summed E-state index contributed by atoms with van der Waals surface area (Å²) in [7, 11) is 1.62. The Bertz CT molecular complexity index is 915. The monoisotopic (exact) mass is 340 g/mol. The Morgan fingerprint density at radius 2 is 2.00 bits per heavy atom. The highest BCUT2D eigenvalue weighted by Crippen LogP contribution is 2.30. The highest BCUT2D eigenvalue weighted by molar-refractivity contribution is 6.31. The number of fused-ring (bicyclic) bond motifs is 3. The van der Waals surface area contributed by atoms with Crippen LogP contribution in [0.5, 0.6) is 5.75 Å². The third-order valence-electron chi connectivity index (χ3n) is 4.56. The third-order valence-corrected chi connectivity index (χ3v) is 4.80. The molecule has 0 saturated heterocycles. The molecule has 2 heterocycles. The number of benzene rings is 2. The Labute approximate surface area is 145 Å². The van der Waals surface area contributed by atoms with Crippen LogP contribution in [0.1, 0.15) is 21.6 Å². The van der Waals surface area contributed by atoms with Gasteiger partial charge in [0.2, 0.25) is 0 Å². The summed E-state index contributed by atoms with van der Waals surface area (Å²) in [5.74, 6) is 0.790. The molecule has 1 aliphatic rings. The molecule has 0 fully saturated rings. The van der Waals surface area contributed by atoms with Crippen molar-refractivity contribution in [3.8, 4) is 5.75 Å². The van der Waals surface area contributed by atoms with Gasteiger partial charge in [0.05, 0.1) is 7.11 Å². The second-order valence-electron chi connectivity index (χ2n) is 5.98. The first-order chi connectivity index (χ1) is 11.7. The molecular formula is C19H17ClN2O2. The predicted molar refractivity (Wildman–Crippen MR) is 94.7 cm³/mol. The molecule has 1 amide bonds. The zero-order valence-electron chi connectivity index (χ0n) is 13.3. The van der Waals surface area contributed by atoms with Crippen LogP contribution < -0.4 is 4.74 Å². The molecule has 122 valence electrons. The van der Waals surface area contributed by atoms with E-state index in [1.807, 2.05) is 47.4 Å². The van der Waals surface area contributed by atoms with Gasteiger partial charge in [-0.2, -0.15) is 0 Å². The fourth-order valence-corrected chi connectivity index (χ4v) is 3.45. The van der Waals surface area contributed by atoms with Crippen LogP contribution in [0, 0.1) is 0 Å². The van der Waals surface area contributed by atoms with E-state index in [-0.39, 0.29) is 5.91 Å². The lowest BCUT2D eigenvalue weighted by Crippen LogP contribution is -2.35. The van der Waals surface area contributed by atoms with Gasteiger partial charge < -0.3 is 14.6 Å². The lowest BCUT2D eigenvalue weighted by Gasteiger charge is -2.27. The Kier molecular flexibility index (Phi) is 3.69. The van der Waals surface area contributed by atoms with Crippen molar-refractivity contribution in [1.82, 2.24) is 9.88 Å². The number of aromatic nitrogens is 1. The van der Waals surface area contributed by atoms with E-state index in [4.69, 9.17) is 16.3 Å². The number of nitrogens with zero attached hydrogens (tertiary/aromatic N) is 1. The van der Waals surface area contributed by atoms with E-state index in [2.05, 4.69) is 4.98 Å². The number of hydrogen-bond acceptors (Lipinski definition) is 2. The number of H-pyrrole nitrogens is 1. The molecule has 4 nitrogen and oxygen atoms in total. The van der Waals surface area contributed by atoms with Crippen molar-refractivity contribution in [2.45, 2.75) is 13.0 Å².